The van der Waals surface area contributed by atoms with Gasteiger partial charge >= 0.3 is 5.97 Å². The first-order valence-corrected chi connectivity index (χ1v) is 5.96. The van der Waals surface area contributed by atoms with Gasteiger partial charge in [-0.15, -0.1) is 0 Å². The van der Waals surface area contributed by atoms with Crippen molar-refractivity contribution in [2.75, 3.05) is 48.6 Å². The van der Waals surface area contributed by atoms with Gasteiger partial charge < -0.3 is 23.2 Å². The zero-order valence-corrected chi connectivity index (χ0v) is 11.0. The van der Waals surface area contributed by atoms with Crippen LogP contribution in [0.5, 0.6) is 0 Å². The second-order valence-corrected chi connectivity index (χ2v) is 6.11. The standard InChI is InChI=1S/C4H12N.C4H9O5P/c1-5(2,3)4;1-8-4(5)3-10(6,7)9-2/h1-4H3;3H2,1-2H3,(H,6,7)/q+1;/p-1. The Balaban J connectivity index is 0. The van der Waals surface area contributed by atoms with Crippen LogP contribution in [0.15, 0.2) is 0 Å². The maximum Gasteiger partial charge on any atom is 0.314 e. The van der Waals surface area contributed by atoms with Crippen LogP contribution in [0, 0.1) is 0 Å². The number of esters is 1. The van der Waals surface area contributed by atoms with Crippen LogP contribution in [0.25, 0.3) is 0 Å². The molecule has 0 spiro atoms. The highest BCUT2D eigenvalue weighted by molar-refractivity contribution is 7.52. The lowest BCUT2D eigenvalue weighted by Gasteiger charge is -2.18. The van der Waals surface area contributed by atoms with Gasteiger partial charge in [-0.25, -0.2) is 0 Å². The number of hydrogen-bond acceptors (Lipinski definition) is 5. The normalized spacial score (nSPS) is 14.6. The molecule has 1 unspecified atom stereocenters. The van der Waals surface area contributed by atoms with Gasteiger partial charge in [0.1, 0.15) is 13.8 Å². The molecular weight excluding hydrogens is 221 g/mol. The van der Waals surface area contributed by atoms with Crippen molar-refractivity contribution in [1.29, 1.82) is 0 Å². The molecule has 0 amide bonds. The summed E-state index contributed by atoms with van der Waals surface area (Å²) in [5.41, 5.74) is 0. The first-order valence-electron chi connectivity index (χ1n) is 4.23. The molecule has 0 aliphatic rings. The lowest BCUT2D eigenvalue weighted by atomic mass is 10.8. The average Bonchev–Trinajstić information content (AvgIpc) is 2.00. The Morgan fingerprint density at radius 1 is 1.27 bits per heavy atom. The van der Waals surface area contributed by atoms with Gasteiger partial charge in [-0.1, -0.05) is 0 Å². The summed E-state index contributed by atoms with van der Waals surface area (Å²) < 4.78 is 19.6. The first kappa shape index (κ1) is 17.0. The maximum atomic E-state index is 10.5. The third-order valence-corrected chi connectivity index (χ3v) is 2.03. The predicted octanol–water partition coefficient (Wildman–Crippen LogP) is -0.318. The van der Waals surface area contributed by atoms with E-state index in [4.69, 9.17) is 0 Å². The molecule has 0 bridgehead atoms. The fourth-order valence-corrected chi connectivity index (χ4v) is 0.862. The topological polar surface area (TPSA) is 75.7 Å². The SMILES string of the molecule is COC(=O)CP(=O)([O-])OC.C[N+](C)(C)C. The first-order chi connectivity index (χ1) is 6.52. The van der Waals surface area contributed by atoms with Crippen molar-refractivity contribution in [2.45, 2.75) is 0 Å². The molecule has 0 saturated carbocycles. The van der Waals surface area contributed by atoms with E-state index in [0.29, 0.717) is 0 Å². The number of quaternary nitrogens is 1. The molecule has 6 nitrogen and oxygen atoms in total. The number of carbonyl (C=O) groups is 1. The monoisotopic (exact) mass is 241 g/mol. The molecule has 92 valence electrons. The molecule has 0 aromatic heterocycles. The smallest absolute Gasteiger partial charge is 0.314 e. The highest BCUT2D eigenvalue weighted by atomic mass is 31.2. The average molecular weight is 241 g/mol. The second kappa shape index (κ2) is 6.95. The highest BCUT2D eigenvalue weighted by Gasteiger charge is 2.12. The van der Waals surface area contributed by atoms with E-state index in [9.17, 15) is 14.3 Å². The molecule has 0 aliphatic carbocycles. The molecule has 0 aliphatic heterocycles. The molecule has 0 saturated heterocycles. The van der Waals surface area contributed by atoms with Crippen LogP contribution in [0.3, 0.4) is 0 Å². The number of methoxy groups -OCH3 is 1. The van der Waals surface area contributed by atoms with Crippen molar-refractivity contribution in [3.05, 3.63) is 0 Å². The highest BCUT2D eigenvalue weighted by Crippen LogP contribution is 2.34. The van der Waals surface area contributed by atoms with Gasteiger partial charge in [-0.3, -0.25) is 4.79 Å². The Labute approximate surface area is 90.9 Å². The summed E-state index contributed by atoms with van der Waals surface area (Å²) in [7, 11) is 6.64. The number of nitrogens with zero attached hydrogens (tertiary/aromatic N) is 1. The maximum absolute atomic E-state index is 10.5. The fraction of sp³-hybridized carbons (Fsp3) is 0.875. The quantitative estimate of drug-likeness (QED) is 0.384. The van der Waals surface area contributed by atoms with Crippen molar-refractivity contribution in [3.8, 4) is 0 Å². The van der Waals surface area contributed by atoms with Crippen LogP contribution in [0.2, 0.25) is 0 Å². The fourth-order valence-electron chi connectivity index (χ4n) is 0.287. The summed E-state index contributed by atoms with van der Waals surface area (Å²) in [6.07, 6.45) is -0.708. The Hall–Kier alpha value is -0.420. The second-order valence-electron chi connectivity index (χ2n) is 4.21. The molecule has 0 N–H and O–H groups in total. The van der Waals surface area contributed by atoms with Gasteiger partial charge in [0.15, 0.2) is 0 Å². The van der Waals surface area contributed by atoms with E-state index in [0.717, 1.165) is 18.7 Å². The molecule has 1 atom stereocenters. The summed E-state index contributed by atoms with van der Waals surface area (Å²) in [6, 6.07) is 0. The van der Waals surface area contributed by atoms with Gasteiger partial charge in [-0.05, 0) is 0 Å². The summed E-state index contributed by atoms with van der Waals surface area (Å²) in [4.78, 5) is 20.8. The third kappa shape index (κ3) is 19.8. The van der Waals surface area contributed by atoms with Gasteiger partial charge in [0.2, 0.25) is 0 Å². The Kier molecular flexibility index (Phi) is 7.88. The molecule has 0 aromatic carbocycles. The van der Waals surface area contributed by atoms with E-state index in [1.54, 1.807) is 0 Å². The van der Waals surface area contributed by atoms with E-state index in [-0.39, 0.29) is 0 Å². The van der Waals surface area contributed by atoms with E-state index < -0.39 is 19.7 Å². The summed E-state index contributed by atoms with van der Waals surface area (Å²) in [5.74, 6) is -0.819. The Morgan fingerprint density at radius 3 is 1.80 bits per heavy atom. The lowest BCUT2D eigenvalue weighted by molar-refractivity contribution is -0.849. The minimum Gasteiger partial charge on any atom is -0.778 e. The number of rotatable bonds is 3. The molecule has 0 rings (SSSR count). The zero-order valence-electron chi connectivity index (χ0n) is 10.1. The lowest BCUT2D eigenvalue weighted by Crippen LogP contribution is -2.27. The third-order valence-electron chi connectivity index (χ3n) is 0.829. The largest absolute Gasteiger partial charge is 0.778 e. The Bertz CT molecular complexity index is 230. The molecule has 0 fully saturated rings. The van der Waals surface area contributed by atoms with Gasteiger partial charge in [0, 0.05) is 7.11 Å². The van der Waals surface area contributed by atoms with Crippen molar-refractivity contribution in [1.82, 2.24) is 0 Å². The number of carbonyl (C=O) groups excluding carboxylic acids is 1. The molecule has 0 heterocycles. The van der Waals surface area contributed by atoms with Crippen LogP contribution in [0.1, 0.15) is 0 Å². The molecule has 0 aromatic rings. The molecular formula is C8H20NO5P. The zero-order chi connectivity index (χ0) is 12.7. The molecule has 0 radical (unpaired) electrons. The van der Waals surface area contributed by atoms with E-state index in [2.05, 4.69) is 37.5 Å². The van der Waals surface area contributed by atoms with E-state index in [1.807, 2.05) is 0 Å². The van der Waals surface area contributed by atoms with Gasteiger partial charge in [0.05, 0.1) is 35.3 Å². The summed E-state index contributed by atoms with van der Waals surface area (Å²) in [5, 5.41) is 0. The van der Waals surface area contributed by atoms with Gasteiger partial charge in [-0.2, -0.15) is 0 Å². The van der Waals surface area contributed by atoms with Crippen LogP contribution >= 0.6 is 7.60 Å². The summed E-state index contributed by atoms with van der Waals surface area (Å²) >= 11 is 0. The van der Waals surface area contributed by atoms with Crippen molar-refractivity contribution < 1.29 is 28.0 Å². The predicted molar refractivity (Wildman–Crippen MR) is 55.5 cm³/mol. The van der Waals surface area contributed by atoms with Crippen LogP contribution in [-0.2, 0) is 18.6 Å². The number of ether oxygens (including phenoxy) is 1. The van der Waals surface area contributed by atoms with Crippen molar-refractivity contribution in [3.63, 3.8) is 0 Å². The molecule has 15 heavy (non-hydrogen) atoms. The number of hydrogen-bond donors (Lipinski definition) is 0. The van der Waals surface area contributed by atoms with Crippen LogP contribution in [-0.4, -0.2) is 59.0 Å². The minimum absolute atomic E-state index is 0.708. The van der Waals surface area contributed by atoms with E-state index >= 15 is 0 Å². The van der Waals surface area contributed by atoms with Crippen molar-refractivity contribution >= 4 is 13.6 Å². The van der Waals surface area contributed by atoms with Crippen LogP contribution in [0.4, 0.5) is 0 Å². The minimum atomic E-state index is -3.97. The Morgan fingerprint density at radius 2 is 1.60 bits per heavy atom. The van der Waals surface area contributed by atoms with Crippen LogP contribution < -0.4 is 4.89 Å². The summed E-state index contributed by atoms with van der Waals surface area (Å²) in [6.45, 7) is 0. The van der Waals surface area contributed by atoms with E-state index in [1.165, 1.54) is 0 Å². The van der Waals surface area contributed by atoms with Crippen molar-refractivity contribution in [2.24, 2.45) is 0 Å². The molecule has 7 heteroatoms. The van der Waals surface area contributed by atoms with Gasteiger partial charge in [0.25, 0.3) is 0 Å².